The fourth-order valence-electron chi connectivity index (χ4n) is 3.10. The van der Waals surface area contributed by atoms with Crippen molar-refractivity contribution in [1.29, 1.82) is 0 Å². The molecule has 1 amide bonds. The first-order chi connectivity index (χ1) is 12.2. The van der Waals surface area contributed by atoms with Crippen LogP contribution in [0.5, 0.6) is 0 Å². The average Bonchev–Trinajstić information content (AvgIpc) is 2.85. The number of carbonyl (C=O) groups excluding carboxylic acids is 1. The highest BCUT2D eigenvalue weighted by Crippen LogP contribution is 2.28. The van der Waals surface area contributed by atoms with Crippen LogP contribution >= 0.6 is 0 Å². The molecular weight excluding hydrogens is 359 g/mol. The molecule has 3 rings (SSSR count). The van der Waals surface area contributed by atoms with Gasteiger partial charge < -0.3 is 9.88 Å². The third-order valence-electron chi connectivity index (χ3n) is 4.38. The highest BCUT2D eigenvalue weighted by Gasteiger charge is 2.31. The second kappa shape index (κ2) is 6.81. The number of nitrogens with one attached hydrogen (secondary N) is 2. The highest BCUT2D eigenvalue weighted by molar-refractivity contribution is 7.89. The minimum absolute atomic E-state index is 0.127. The van der Waals surface area contributed by atoms with Gasteiger partial charge in [-0.3, -0.25) is 9.78 Å². The molecule has 0 fully saturated rings. The number of fused-ring (bicyclic) bond motifs is 1. The van der Waals surface area contributed by atoms with Crippen molar-refractivity contribution in [2.75, 3.05) is 5.32 Å². The van der Waals surface area contributed by atoms with Gasteiger partial charge in [0.1, 0.15) is 16.8 Å². The van der Waals surface area contributed by atoms with Crippen molar-refractivity contribution >= 4 is 21.6 Å². The van der Waals surface area contributed by atoms with E-state index in [1.165, 1.54) is 30.0 Å². The Morgan fingerprint density at radius 1 is 1.50 bits per heavy atom. The van der Waals surface area contributed by atoms with Gasteiger partial charge >= 0.3 is 0 Å². The number of aromatic nitrogens is 2. The summed E-state index contributed by atoms with van der Waals surface area (Å²) in [5.74, 6) is -0.442. The molecule has 26 heavy (non-hydrogen) atoms. The number of amides is 1. The van der Waals surface area contributed by atoms with Gasteiger partial charge in [0.05, 0.1) is 5.69 Å². The number of halogens is 1. The minimum Gasteiger partial charge on any atom is -0.345 e. The predicted octanol–water partition coefficient (Wildman–Crippen LogP) is 2.32. The molecule has 9 heteroatoms. The number of pyridine rings is 1. The molecule has 1 unspecified atom stereocenters. The molecule has 0 aliphatic carbocycles. The molecule has 1 aliphatic heterocycles. The van der Waals surface area contributed by atoms with E-state index in [0.29, 0.717) is 24.1 Å². The van der Waals surface area contributed by atoms with E-state index in [9.17, 15) is 17.6 Å². The maximum atomic E-state index is 13.4. The Bertz CT molecular complexity index is 953. The van der Waals surface area contributed by atoms with E-state index in [1.54, 1.807) is 20.0 Å². The number of hydrogen-bond donors (Lipinski definition) is 2. The number of nitrogens with zero attached hydrogens (tertiary/aromatic N) is 2. The van der Waals surface area contributed by atoms with E-state index in [-0.39, 0.29) is 22.3 Å². The minimum atomic E-state index is -3.66. The van der Waals surface area contributed by atoms with Gasteiger partial charge in [-0.1, -0.05) is 0 Å². The first kappa shape index (κ1) is 18.5. The molecule has 2 aromatic heterocycles. The molecule has 140 valence electrons. The molecular formula is C17H21FN4O3S. The Morgan fingerprint density at radius 2 is 2.23 bits per heavy atom. The average molecular weight is 380 g/mol. The third kappa shape index (κ3) is 3.49. The zero-order valence-corrected chi connectivity index (χ0v) is 15.6. The molecule has 2 N–H and O–H groups in total. The van der Waals surface area contributed by atoms with Crippen molar-refractivity contribution in [2.24, 2.45) is 7.05 Å². The predicted molar refractivity (Wildman–Crippen MR) is 95.2 cm³/mol. The van der Waals surface area contributed by atoms with Crippen molar-refractivity contribution in [3.8, 4) is 0 Å². The SMILES string of the molecule is CC(F)c1cc(NC(=O)c2c3c(cn2C)S(=O)(=O)N[C@@H](C)CC3)ccn1. The largest absolute Gasteiger partial charge is 0.345 e. The standard InChI is InChI=1S/C17H21FN4O3S/c1-10-4-5-13-15(26(24,25)21-10)9-22(3)16(13)17(23)20-12-6-7-19-14(8-12)11(2)18/h6-11,21H,4-5H2,1-3H3,(H,19,20,23)/t10-,11?/m0/s1. The van der Waals surface area contributed by atoms with Crippen molar-refractivity contribution in [2.45, 2.75) is 43.8 Å². The molecule has 3 heterocycles. The normalized spacial score (nSPS) is 20.1. The Balaban J connectivity index is 1.97. The second-order valence-electron chi connectivity index (χ2n) is 6.53. The maximum absolute atomic E-state index is 13.4. The van der Waals surface area contributed by atoms with Gasteiger partial charge in [0.2, 0.25) is 10.0 Å². The van der Waals surface area contributed by atoms with E-state index < -0.39 is 22.1 Å². The molecule has 2 aromatic rings. The number of carbonyl (C=O) groups is 1. The Morgan fingerprint density at radius 3 is 2.92 bits per heavy atom. The van der Waals surface area contributed by atoms with E-state index in [1.807, 2.05) is 0 Å². The molecule has 1 aliphatic rings. The fraction of sp³-hybridized carbons (Fsp3) is 0.412. The lowest BCUT2D eigenvalue weighted by atomic mass is 10.1. The van der Waals surface area contributed by atoms with Crippen LogP contribution in [0.3, 0.4) is 0 Å². The van der Waals surface area contributed by atoms with Crippen LogP contribution in [0.15, 0.2) is 29.4 Å². The quantitative estimate of drug-likeness (QED) is 0.855. The lowest BCUT2D eigenvalue weighted by Crippen LogP contribution is -2.30. The van der Waals surface area contributed by atoms with E-state index in [4.69, 9.17) is 0 Å². The number of hydrogen-bond acceptors (Lipinski definition) is 4. The van der Waals surface area contributed by atoms with Crippen LogP contribution in [0.4, 0.5) is 10.1 Å². The molecule has 0 aromatic carbocycles. The zero-order valence-electron chi connectivity index (χ0n) is 14.8. The summed E-state index contributed by atoms with van der Waals surface area (Å²) in [6, 6.07) is 2.82. The summed E-state index contributed by atoms with van der Waals surface area (Å²) in [7, 11) is -2.04. The van der Waals surface area contributed by atoms with Crippen molar-refractivity contribution in [3.05, 3.63) is 41.5 Å². The van der Waals surface area contributed by atoms with E-state index in [0.717, 1.165) is 0 Å². The number of rotatable bonds is 3. The molecule has 0 bridgehead atoms. The molecule has 2 atom stereocenters. The van der Waals surface area contributed by atoms with Crippen molar-refractivity contribution in [1.82, 2.24) is 14.3 Å². The Hall–Kier alpha value is -2.26. The van der Waals surface area contributed by atoms with Gasteiger partial charge in [0.15, 0.2) is 0 Å². The smallest absolute Gasteiger partial charge is 0.272 e. The van der Waals surface area contributed by atoms with Gasteiger partial charge in [-0.05, 0) is 38.8 Å². The summed E-state index contributed by atoms with van der Waals surface area (Å²) < 4.78 is 42.5. The van der Waals surface area contributed by atoms with Crippen LogP contribution in [-0.4, -0.2) is 29.9 Å². The summed E-state index contributed by atoms with van der Waals surface area (Å²) in [6.45, 7) is 3.16. The van der Waals surface area contributed by atoms with Gasteiger partial charge in [0, 0.05) is 36.7 Å². The van der Waals surface area contributed by atoms with Crippen LogP contribution in [0, 0.1) is 0 Å². The van der Waals surface area contributed by atoms with Crippen LogP contribution in [0.2, 0.25) is 0 Å². The summed E-state index contributed by atoms with van der Waals surface area (Å²) >= 11 is 0. The van der Waals surface area contributed by atoms with E-state index in [2.05, 4.69) is 15.0 Å². The van der Waals surface area contributed by atoms with Crippen molar-refractivity contribution in [3.63, 3.8) is 0 Å². The molecule has 7 nitrogen and oxygen atoms in total. The summed E-state index contributed by atoms with van der Waals surface area (Å²) in [5, 5.41) is 2.71. The highest BCUT2D eigenvalue weighted by atomic mass is 32.2. The Kier molecular flexibility index (Phi) is 4.85. The number of alkyl halides is 1. The molecule has 0 saturated heterocycles. The first-order valence-electron chi connectivity index (χ1n) is 8.31. The third-order valence-corrected chi connectivity index (χ3v) is 6.03. The van der Waals surface area contributed by atoms with Gasteiger partial charge in [-0.25, -0.2) is 17.5 Å². The lowest BCUT2D eigenvalue weighted by Gasteiger charge is -2.11. The molecule has 0 saturated carbocycles. The van der Waals surface area contributed by atoms with Gasteiger partial charge in [-0.15, -0.1) is 0 Å². The summed E-state index contributed by atoms with van der Waals surface area (Å²) in [5.41, 5.74) is 1.40. The fourth-order valence-corrected chi connectivity index (χ4v) is 4.69. The Labute approximate surface area is 151 Å². The van der Waals surface area contributed by atoms with Crippen molar-refractivity contribution < 1.29 is 17.6 Å². The van der Waals surface area contributed by atoms with Gasteiger partial charge in [-0.2, -0.15) is 0 Å². The van der Waals surface area contributed by atoms with Crippen LogP contribution in [0.1, 0.15) is 48.2 Å². The second-order valence-corrected chi connectivity index (χ2v) is 8.21. The molecule has 0 spiro atoms. The van der Waals surface area contributed by atoms with Crippen LogP contribution < -0.4 is 10.0 Å². The number of sulfonamides is 1. The molecule has 0 radical (unpaired) electrons. The summed E-state index contributed by atoms with van der Waals surface area (Å²) in [6.07, 6.45) is 2.68. The number of anilines is 1. The van der Waals surface area contributed by atoms with E-state index >= 15 is 0 Å². The zero-order chi connectivity index (χ0) is 19.1. The van der Waals surface area contributed by atoms with Crippen LogP contribution in [-0.2, 0) is 23.5 Å². The van der Waals surface area contributed by atoms with Gasteiger partial charge in [0.25, 0.3) is 5.91 Å². The lowest BCUT2D eigenvalue weighted by molar-refractivity contribution is 0.101. The summed E-state index contributed by atoms with van der Waals surface area (Å²) in [4.78, 5) is 16.8. The topological polar surface area (TPSA) is 93.1 Å². The maximum Gasteiger partial charge on any atom is 0.272 e. The number of aryl methyl sites for hydroxylation is 1. The van der Waals surface area contributed by atoms with Crippen LogP contribution in [0.25, 0.3) is 0 Å². The monoisotopic (exact) mass is 380 g/mol. The first-order valence-corrected chi connectivity index (χ1v) is 9.79.